The zero-order chi connectivity index (χ0) is 24.2. The predicted octanol–water partition coefficient (Wildman–Crippen LogP) is 5.75. The molecule has 4 rings (SSSR count). The van der Waals surface area contributed by atoms with Crippen LogP contribution in [-0.2, 0) is 16.0 Å². The number of aliphatic carboxylic acids is 1. The second-order valence-electron chi connectivity index (χ2n) is 8.50. The number of ether oxygens (including phenoxy) is 1. The molecule has 34 heavy (non-hydrogen) atoms. The van der Waals surface area contributed by atoms with Gasteiger partial charge in [0.1, 0.15) is 0 Å². The highest BCUT2D eigenvalue weighted by atomic mass is 16.5. The third-order valence-electron chi connectivity index (χ3n) is 6.40. The Balaban J connectivity index is 1.80. The van der Waals surface area contributed by atoms with E-state index in [1.807, 2.05) is 54.9 Å². The molecular weight excluding hydrogens is 428 g/mol. The molecule has 1 heterocycles. The second kappa shape index (κ2) is 9.91. The fourth-order valence-corrected chi connectivity index (χ4v) is 4.55. The number of esters is 1. The molecule has 0 aliphatic heterocycles. The first-order valence-corrected chi connectivity index (χ1v) is 11.4. The van der Waals surface area contributed by atoms with Crippen molar-refractivity contribution in [1.29, 1.82) is 0 Å². The Morgan fingerprint density at radius 2 is 1.76 bits per heavy atom. The molecule has 174 valence electrons. The first kappa shape index (κ1) is 23.2. The Morgan fingerprint density at radius 1 is 1.03 bits per heavy atom. The maximum absolute atomic E-state index is 12.2. The lowest BCUT2D eigenvalue weighted by molar-refractivity contribution is -0.136. The molecule has 0 fully saturated rings. The monoisotopic (exact) mass is 456 g/mol. The lowest BCUT2D eigenvalue weighted by Crippen LogP contribution is -2.18. The zero-order valence-corrected chi connectivity index (χ0v) is 19.6. The third kappa shape index (κ3) is 4.44. The van der Waals surface area contributed by atoms with E-state index in [9.17, 15) is 14.7 Å². The number of hydrogen-bond donors (Lipinski definition) is 1. The topological polar surface area (TPSA) is 81.4 Å². The van der Waals surface area contributed by atoms with E-state index in [0.29, 0.717) is 5.56 Å². The summed E-state index contributed by atoms with van der Waals surface area (Å²) in [5.74, 6) is -0.953. The highest BCUT2D eigenvalue weighted by Gasteiger charge is 2.24. The number of carbonyl (C=O) groups is 2. The second-order valence-corrected chi connectivity index (χ2v) is 8.50. The van der Waals surface area contributed by atoms with Crippen LogP contribution in [0.3, 0.4) is 0 Å². The quantitative estimate of drug-likeness (QED) is 0.341. The minimum Gasteiger partial charge on any atom is -0.481 e. The molecule has 0 radical (unpaired) electrons. The van der Waals surface area contributed by atoms with E-state index in [2.05, 4.69) is 35.5 Å². The van der Waals surface area contributed by atoms with Crippen LogP contribution in [0.1, 0.15) is 47.8 Å². The maximum Gasteiger partial charge on any atom is 0.338 e. The summed E-state index contributed by atoms with van der Waals surface area (Å²) in [5.41, 5.74) is 5.76. The van der Waals surface area contributed by atoms with Crippen molar-refractivity contribution in [3.05, 3.63) is 89.7 Å². The van der Waals surface area contributed by atoms with Crippen molar-refractivity contribution < 1.29 is 19.4 Å². The molecular formula is C28H28N2O4. The van der Waals surface area contributed by atoms with Crippen LogP contribution >= 0.6 is 0 Å². The lowest BCUT2D eigenvalue weighted by atomic mass is 9.90. The number of carbonyl (C=O) groups excluding carboxylic acids is 1. The van der Waals surface area contributed by atoms with Gasteiger partial charge in [-0.15, -0.1) is 0 Å². The van der Waals surface area contributed by atoms with Crippen LogP contribution in [0.4, 0.5) is 0 Å². The summed E-state index contributed by atoms with van der Waals surface area (Å²) in [6, 6.07) is 21.2. The standard InChI is InChI=1S/C28H28N2O4/c1-4-18(2)26(30-17-29-24-11-7-8-21(27(24)30)16-25(31)32)20-14-12-19(13-15-20)22-9-5-6-10-23(22)28(33)34-3/h5-15,17-18,26H,4,16H2,1-3H3,(H,31,32). The fourth-order valence-electron chi connectivity index (χ4n) is 4.55. The Bertz CT molecular complexity index is 1320. The number of benzene rings is 3. The van der Waals surface area contributed by atoms with Crippen LogP contribution in [0.2, 0.25) is 0 Å². The summed E-state index contributed by atoms with van der Waals surface area (Å²) >= 11 is 0. The molecule has 2 atom stereocenters. The summed E-state index contributed by atoms with van der Waals surface area (Å²) in [6.07, 6.45) is 2.70. The average Bonchev–Trinajstić information content (AvgIpc) is 3.28. The smallest absolute Gasteiger partial charge is 0.338 e. The number of carboxylic acid groups (broad SMARTS) is 1. The molecule has 6 heteroatoms. The minimum atomic E-state index is -0.867. The molecule has 1 aromatic heterocycles. The predicted molar refractivity (Wildman–Crippen MR) is 132 cm³/mol. The Morgan fingerprint density at radius 3 is 2.44 bits per heavy atom. The molecule has 0 saturated heterocycles. The summed E-state index contributed by atoms with van der Waals surface area (Å²) in [7, 11) is 1.38. The minimum absolute atomic E-state index is 0.0187. The van der Waals surface area contributed by atoms with Crippen LogP contribution in [0, 0.1) is 5.92 Å². The summed E-state index contributed by atoms with van der Waals surface area (Å²) in [5, 5.41) is 9.42. The summed E-state index contributed by atoms with van der Waals surface area (Å²) in [6.45, 7) is 4.34. The molecule has 0 amide bonds. The Kier molecular flexibility index (Phi) is 6.77. The van der Waals surface area contributed by atoms with Crippen molar-refractivity contribution in [1.82, 2.24) is 9.55 Å². The lowest BCUT2D eigenvalue weighted by Gasteiger charge is -2.27. The van der Waals surface area contributed by atoms with Gasteiger partial charge in [0.2, 0.25) is 0 Å². The molecule has 0 aliphatic rings. The summed E-state index contributed by atoms with van der Waals surface area (Å²) < 4.78 is 7.05. The number of nitrogens with zero attached hydrogens (tertiary/aromatic N) is 2. The number of fused-ring (bicyclic) bond motifs is 1. The van der Waals surface area contributed by atoms with Crippen molar-refractivity contribution in [2.75, 3.05) is 7.11 Å². The van der Waals surface area contributed by atoms with Crippen molar-refractivity contribution in [2.24, 2.45) is 5.92 Å². The van der Waals surface area contributed by atoms with Crippen LogP contribution in [-0.4, -0.2) is 33.7 Å². The van der Waals surface area contributed by atoms with E-state index in [1.54, 1.807) is 6.07 Å². The van der Waals surface area contributed by atoms with E-state index in [-0.39, 0.29) is 24.3 Å². The van der Waals surface area contributed by atoms with Gasteiger partial charge in [-0.05, 0) is 40.3 Å². The molecule has 4 aromatic rings. The number of rotatable bonds is 8. The highest BCUT2D eigenvalue weighted by Crippen LogP contribution is 2.34. The molecule has 0 saturated carbocycles. The van der Waals surface area contributed by atoms with Gasteiger partial charge in [-0.25, -0.2) is 9.78 Å². The van der Waals surface area contributed by atoms with E-state index >= 15 is 0 Å². The normalized spacial score (nSPS) is 12.9. The number of aromatic nitrogens is 2. The molecule has 0 aliphatic carbocycles. The first-order chi connectivity index (χ1) is 16.4. The average molecular weight is 457 g/mol. The van der Waals surface area contributed by atoms with Gasteiger partial charge >= 0.3 is 11.9 Å². The SMILES string of the molecule is CCC(C)C(c1ccc(-c2ccccc2C(=O)OC)cc1)n1cnc2cccc(CC(=O)O)c21. The number of imidazole rings is 1. The van der Waals surface area contributed by atoms with Gasteiger partial charge in [-0.3, -0.25) is 4.79 Å². The molecule has 2 unspecified atom stereocenters. The van der Waals surface area contributed by atoms with Gasteiger partial charge in [-0.1, -0.05) is 74.9 Å². The first-order valence-electron chi connectivity index (χ1n) is 11.4. The molecule has 3 aromatic carbocycles. The van der Waals surface area contributed by atoms with Crippen LogP contribution < -0.4 is 0 Å². The number of methoxy groups -OCH3 is 1. The summed E-state index contributed by atoms with van der Waals surface area (Å²) in [4.78, 5) is 28.3. The highest BCUT2D eigenvalue weighted by molar-refractivity contribution is 5.97. The number of carboxylic acids is 1. The van der Waals surface area contributed by atoms with Gasteiger partial charge in [0.25, 0.3) is 0 Å². The molecule has 6 nitrogen and oxygen atoms in total. The Labute approximate surface area is 198 Å². The largest absolute Gasteiger partial charge is 0.481 e. The van der Waals surface area contributed by atoms with Crippen LogP contribution in [0.15, 0.2) is 73.1 Å². The van der Waals surface area contributed by atoms with E-state index < -0.39 is 5.97 Å². The van der Waals surface area contributed by atoms with Crippen LogP contribution in [0.25, 0.3) is 22.2 Å². The van der Waals surface area contributed by atoms with Crippen molar-refractivity contribution >= 4 is 23.0 Å². The van der Waals surface area contributed by atoms with Crippen molar-refractivity contribution in [3.63, 3.8) is 0 Å². The molecule has 0 bridgehead atoms. The fraction of sp³-hybridized carbons (Fsp3) is 0.250. The van der Waals surface area contributed by atoms with Gasteiger partial charge in [0.05, 0.1) is 42.5 Å². The van der Waals surface area contributed by atoms with E-state index in [1.165, 1.54) is 7.11 Å². The van der Waals surface area contributed by atoms with E-state index in [0.717, 1.165) is 39.7 Å². The van der Waals surface area contributed by atoms with Gasteiger partial charge < -0.3 is 14.4 Å². The number of hydrogen-bond acceptors (Lipinski definition) is 4. The van der Waals surface area contributed by atoms with Crippen LogP contribution in [0.5, 0.6) is 0 Å². The Hall–Kier alpha value is -3.93. The van der Waals surface area contributed by atoms with Gasteiger partial charge in [0, 0.05) is 0 Å². The third-order valence-corrected chi connectivity index (χ3v) is 6.40. The molecule has 1 N–H and O–H groups in total. The van der Waals surface area contributed by atoms with E-state index in [4.69, 9.17) is 4.74 Å². The zero-order valence-electron chi connectivity index (χ0n) is 19.6. The van der Waals surface area contributed by atoms with Gasteiger partial charge in [0.15, 0.2) is 0 Å². The molecule has 0 spiro atoms. The maximum atomic E-state index is 12.2. The van der Waals surface area contributed by atoms with Gasteiger partial charge in [-0.2, -0.15) is 0 Å². The van der Waals surface area contributed by atoms with Crippen molar-refractivity contribution in [3.8, 4) is 11.1 Å². The number of para-hydroxylation sites is 1. The van der Waals surface area contributed by atoms with Crippen molar-refractivity contribution in [2.45, 2.75) is 32.7 Å².